The van der Waals surface area contributed by atoms with Crippen molar-refractivity contribution in [2.75, 3.05) is 6.54 Å². The fraction of sp³-hybridized carbons (Fsp3) is 0.381. The smallest absolute Gasteiger partial charge is 0.315 e. The minimum absolute atomic E-state index is 0.107. The van der Waals surface area contributed by atoms with E-state index in [1.54, 1.807) is 6.92 Å². The Morgan fingerprint density at radius 3 is 2.40 bits per heavy atom. The van der Waals surface area contributed by atoms with Crippen molar-refractivity contribution in [3.63, 3.8) is 0 Å². The second-order valence-corrected chi connectivity index (χ2v) is 6.91. The van der Waals surface area contributed by atoms with Crippen LogP contribution in [0.3, 0.4) is 0 Å². The summed E-state index contributed by atoms with van der Waals surface area (Å²) in [5.74, 6) is 0.533. The Labute approximate surface area is 149 Å². The van der Waals surface area contributed by atoms with Crippen molar-refractivity contribution in [1.29, 1.82) is 0 Å². The van der Waals surface area contributed by atoms with E-state index < -0.39 is 6.10 Å². The Bertz CT molecular complexity index is 673. The van der Waals surface area contributed by atoms with E-state index in [1.165, 1.54) is 5.56 Å². The topological polar surface area (TPSA) is 61.4 Å². The first-order valence-corrected chi connectivity index (χ1v) is 8.96. The minimum atomic E-state index is -0.402. The number of hydrogen-bond donors (Lipinski definition) is 3. The van der Waals surface area contributed by atoms with Crippen LogP contribution in [-0.2, 0) is 0 Å². The van der Waals surface area contributed by atoms with Crippen LogP contribution in [0.1, 0.15) is 42.7 Å². The van der Waals surface area contributed by atoms with Crippen molar-refractivity contribution >= 4 is 6.03 Å². The van der Waals surface area contributed by atoms with E-state index in [0.29, 0.717) is 18.9 Å². The monoisotopic (exact) mass is 338 g/mol. The van der Waals surface area contributed by atoms with Crippen LogP contribution in [0.2, 0.25) is 0 Å². The van der Waals surface area contributed by atoms with E-state index in [2.05, 4.69) is 22.8 Å². The van der Waals surface area contributed by atoms with Gasteiger partial charge in [0.2, 0.25) is 0 Å². The third kappa shape index (κ3) is 5.07. The first-order chi connectivity index (χ1) is 12.1. The average molecular weight is 338 g/mol. The van der Waals surface area contributed by atoms with E-state index in [1.807, 2.05) is 48.5 Å². The van der Waals surface area contributed by atoms with Crippen LogP contribution in [0, 0.1) is 0 Å². The number of carbonyl (C=O) groups is 1. The first-order valence-electron chi connectivity index (χ1n) is 8.96. The zero-order chi connectivity index (χ0) is 17.6. The lowest BCUT2D eigenvalue weighted by molar-refractivity contribution is 0.173. The molecule has 2 aromatic rings. The predicted molar refractivity (Wildman–Crippen MR) is 99.6 cm³/mol. The maximum atomic E-state index is 12.2. The van der Waals surface area contributed by atoms with E-state index in [0.717, 1.165) is 12.0 Å². The van der Waals surface area contributed by atoms with Gasteiger partial charge >= 0.3 is 6.03 Å². The highest BCUT2D eigenvalue weighted by Gasteiger charge is 2.39. The highest BCUT2D eigenvalue weighted by atomic mass is 16.3. The number of aliphatic hydroxyl groups excluding tert-OH is 1. The summed E-state index contributed by atoms with van der Waals surface area (Å²) in [5.41, 5.74) is 2.42. The molecule has 2 aromatic carbocycles. The fourth-order valence-electron chi connectivity index (χ4n) is 3.33. The zero-order valence-electron chi connectivity index (χ0n) is 14.6. The molecule has 0 radical (unpaired) electrons. The minimum Gasteiger partial charge on any atom is -0.393 e. The van der Waals surface area contributed by atoms with Crippen molar-refractivity contribution < 1.29 is 9.90 Å². The van der Waals surface area contributed by atoms with Crippen molar-refractivity contribution in [3.8, 4) is 0 Å². The molecule has 4 heteroatoms. The van der Waals surface area contributed by atoms with Gasteiger partial charge in [-0.05, 0) is 30.9 Å². The predicted octanol–water partition coefficient (Wildman–Crippen LogP) is 3.40. The first kappa shape index (κ1) is 17.5. The number of aliphatic hydroxyl groups is 1. The number of rotatable bonds is 7. The van der Waals surface area contributed by atoms with Crippen LogP contribution >= 0.6 is 0 Å². The van der Waals surface area contributed by atoms with Gasteiger partial charge in [-0.1, -0.05) is 60.7 Å². The molecular formula is C21H26N2O2. The van der Waals surface area contributed by atoms with Crippen molar-refractivity contribution in [3.05, 3.63) is 71.8 Å². The van der Waals surface area contributed by atoms with Gasteiger partial charge in [0, 0.05) is 24.4 Å². The molecule has 4 atom stereocenters. The summed E-state index contributed by atoms with van der Waals surface area (Å²) in [4.78, 5) is 12.2. The van der Waals surface area contributed by atoms with Crippen LogP contribution in [0.15, 0.2) is 60.7 Å². The number of carbonyl (C=O) groups excluding carboxylic acids is 1. The van der Waals surface area contributed by atoms with Crippen LogP contribution in [-0.4, -0.2) is 29.8 Å². The lowest BCUT2D eigenvalue weighted by atomic mass is 9.93. The average Bonchev–Trinajstić information content (AvgIpc) is 3.39. The molecule has 4 nitrogen and oxygen atoms in total. The third-order valence-electron chi connectivity index (χ3n) is 4.74. The molecule has 3 rings (SSSR count). The Hall–Kier alpha value is -2.33. The summed E-state index contributed by atoms with van der Waals surface area (Å²) >= 11 is 0. The van der Waals surface area contributed by atoms with E-state index >= 15 is 0 Å². The molecule has 1 aliphatic carbocycles. The SMILES string of the molecule is CC(O)CC(CNC(=O)NC1CC1c1ccccc1)c1ccccc1. The lowest BCUT2D eigenvalue weighted by Gasteiger charge is -2.20. The molecule has 2 amide bonds. The molecule has 4 unspecified atom stereocenters. The van der Waals surface area contributed by atoms with Gasteiger partial charge < -0.3 is 15.7 Å². The molecule has 3 N–H and O–H groups in total. The molecule has 0 spiro atoms. The van der Waals surface area contributed by atoms with Gasteiger partial charge in [-0.2, -0.15) is 0 Å². The van der Waals surface area contributed by atoms with Crippen molar-refractivity contribution in [1.82, 2.24) is 10.6 Å². The van der Waals surface area contributed by atoms with E-state index in [9.17, 15) is 9.90 Å². The standard InChI is InChI=1S/C21H26N2O2/c1-15(24)12-18(16-8-4-2-5-9-16)14-22-21(25)23-20-13-19(20)17-10-6-3-7-11-17/h2-11,15,18-20,24H,12-14H2,1H3,(H2,22,23,25). The summed E-state index contributed by atoms with van der Waals surface area (Å²) in [7, 11) is 0. The van der Waals surface area contributed by atoms with Gasteiger partial charge in [0.25, 0.3) is 0 Å². The summed E-state index contributed by atoms with van der Waals surface area (Å²) < 4.78 is 0. The molecule has 1 fully saturated rings. The molecule has 0 heterocycles. The normalized spacial score (nSPS) is 21.2. The second kappa shape index (κ2) is 8.17. The number of urea groups is 1. The highest BCUT2D eigenvalue weighted by Crippen LogP contribution is 2.40. The molecule has 0 aromatic heterocycles. The molecule has 0 saturated heterocycles. The number of benzene rings is 2. The third-order valence-corrected chi connectivity index (χ3v) is 4.74. The van der Waals surface area contributed by atoms with Gasteiger partial charge in [-0.25, -0.2) is 4.79 Å². The molecule has 0 bridgehead atoms. The number of amides is 2. The molecule has 0 aliphatic heterocycles. The Kier molecular flexibility index (Phi) is 5.71. The summed E-state index contributed by atoms with van der Waals surface area (Å²) in [6.07, 6.45) is 1.22. The number of hydrogen-bond acceptors (Lipinski definition) is 2. The maximum absolute atomic E-state index is 12.2. The molecule has 1 saturated carbocycles. The summed E-state index contributed by atoms with van der Waals surface area (Å²) in [6, 6.07) is 20.4. The van der Waals surface area contributed by atoms with Gasteiger partial charge in [0.15, 0.2) is 0 Å². The lowest BCUT2D eigenvalue weighted by Crippen LogP contribution is -2.39. The van der Waals surface area contributed by atoms with Crippen molar-refractivity contribution in [2.24, 2.45) is 0 Å². The largest absolute Gasteiger partial charge is 0.393 e. The molecule has 1 aliphatic rings. The fourth-order valence-corrected chi connectivity index (χ4v) is 3.33. The van der Waals surface area contributed by atoms with Gasteiger partial charge in [-0.3, -0.25) is 0 Å². The highest BCUT2D eigenvalue weighted by molar-refractivity contribution is 5.75. The Morgan fingerprint density at radius 1 is 1.12 bits per heavy atom. The molecule has 25 heavy (non-hydrogen) atoms. The second-order valence-electron chi connectivity index (χ2n) is 6.91. The van der Waals surface area contributed by atoms with Gasteiger partial charge in [0.05, 0.1) is 6.10 Å². The zero-order valence-corrected chi connectivity index (χ0v) is 14.6. The van der Waals surface area contributed by atoms with Gasteiger partial charge in [0.1, 0.15) is 0 Å². The van der Waals surface area contributed by atoms with Crippen LogP contribution < -0.4 is 10.6 Å². The van der Waals surface area contributed by atoms with E-state index in [-0.39, 0.29) is 18.0 Å². The van der Waals surface area contributed by atoms with Crippen LogP contribution in [0.25, 0.3) is 0 Å². The summed E-state index contributed by atoms with van der Waals surface area (Å²) in [5, 5.41) is 15.8. The molecule has 132 valence electrons. The van der Waals surface area contributed by atoms with Crippen LogP contribution in [0.4, 0.5) is 4.79 Å². The van der Waals surface area contributed by atoms with Crippen molar-refractivity contribution in [2.45, 2.75) is 43.7 Å². The number of nitrogens with one attached hydrogen (secondary N) is 2. The van der Waals surface area contributed by atoms with Gasteiger partial charge in [-0.15, -0.1) is 0 Å². The van der Waals surface area contributed by atoms with E-state index in [4.69, 9.17) is 0 Å². The molecular weight excluding hydrogens is 312 g/mol. The Balaban J connectivity index is 1.49. The summed E-state index contributed by atoms with van der Waals surface area (Å²) in [6.45, 7) is 2.30. The quantitative estimate of drug-likeness (QED) is 0.724. The van der Waals surface area contributed by atoms with Crippen LogP contribution in [0.5, 0.6) is 0 Å². The maximum Gasteiger partial charge on any atom is 0.315 e. The Morgan fingerprint density at radius 2 is 1.76 bits per heavy atom.